The zero-order valence-corrected chi connectivity index (χ0v) is 10.1. The Hall–Kier alpha value is -2.08. The summed E-state index contributed by atoms with van der Waals surface area (Å²) in [6.07, 6.45) is 0. The summed E-state index contributed by atoms with van der Waals surface area (Å²) in [5, 5.41) is 8.50. The van der Waals surface area contributed by atoms with E-state index >= 15 is 0 Å². The van der Waals surface area contributed by atoms with Crippen molar-refractivity contribution in [2.45, 2.75) is 6.92 Å². The zero-order chi connectivity index (χ0) is 12.3. The molecule has 0 atom stereocenters. The first kappa shape index (κ1) is 11.4. The topological polar surface area (TPSA) is 69.8 Å². The zero-order valence-electron chi connectivity index (χ0n) is 9.28. The number of nitrogens with zero attached hydrogens (tertiary/aromatic N) is 1. The lowest BCUT2D eigenvalue weighted by Crippen LogP contribution is -2.35. The summed E-state index contributed by atoms with van der Waals surface area (Å²) in [7, 11) is 0. The summed E-state index contributed by atoms with van der Waals surface area (Å²) in [6, 6.07) is 5.52. The van der Waals surface area contributed by atoms with Gasteiger partial charge in [0.2, 0.25) is 0 Å². The highest BCUT2D eigenvalue weighted by Crippen LogP contribution is 2.14. The van der Waals surface area contributed by atoms with E-state index in [0.29, 0.717) is 11.4 Å². The second-order valence-electron chi connectivity index (χ2n) is 3.47. The fourth-order valence-electron chi connectivity index (χ4n) is 1.24. The number of H-pyrrole nitrogens is 1. The number of hydrogen-bond acceptors (Lipinski definition) is 4. The van der Waals surface area contributed by atoms with Gasteiger partial charge >= 0.3 is 0 Å². The average Bonchev–Trinajstić information content (AvgIpc) is 2.95. The van der Waals surface area contributed by atoms with Crippen molar-refractivity contribution in [3.05, 3.63) is 46.4 Å². The van der Waals surface area contributed by atoms with Crippen LogP contribution in [0.15, 0.2) is 30.2 Å². The molecule has 6 heteroatoms. The number of aryl methyl sites for hydroxylation is 1. The molecule has 0 radical (unpaired) electrons. The van der Waals surface area contributed by atoms with E-state index in [2.05, 4.69) is 27.6 Å². The van der Waals surface area contributed by atoms with Crippen molar-refractivity contribution in [2.75, 3.05) is 0 Å². The maximum atomic E-state index is 11.6. The van der Waals surface area contributed by atoms with Crippen molar-refractivity contribution in [3.63, 3.8) is 0 Å². The van der Waals surface area contributed by atoms with E-state index in [1.165, 1.54) is 0 Å². The van der Waals surface area contributed by atoms with Crippen LogP contribution >= 0.6 is 11.3 Å². The van der Waals surface area contributed by atoms with E-state index < -0.39 is 0 Å². The lowest BCUT2D eigenvalue weighted by atomic mass is 10.3. The number of hydrogen-bond donors (Lipinski definition) is 3. The first-order valence-corrected chi connectivity index (χ1v) is 5.86. The highest BCUT2D eigenvalue weighted by atomic mass is 32.1. The van der Waals surface area contributed by atoms with E-state index in [1.807, 2.05) is 24.4 Å². The number of rotatable bonds is 4. The number of nitrogens with one attached hydrogen (secondary N) is 3. The van der Waals surface area contributed by atoms with Gasteiger partial charge < -0.3 is 0 Å². The molecule has 1 amide bonds. The highest BCUT2D eigenvalue weighted by Gasteiger charge is 2.09. The Balaban J connectivity index is 1.91. The number of aromatic nitrogens is 2. The van der Waals surface area contributed by atoms with Crippen molar-refractivity contribution in [2.24, 2.45) is 0 Å². The quantitative estimate of drug-likeness (QED) is 0.721. The first-order valence-electron chi connectivity index (χ1n) is 4.98. The van der Waals surface area contributed by atoms with Crippen LogP contribution in [0.1, 0.15) is 21.1 Å². The van der Waals surface area contributed by atoms with Crippen LogP contribution in [-0.4, -0.2) is 16.1 Å². The Kier molecular flexibility index (Phi) is 3.24. The Morgan fingerprint density at radius 3 is 2.94 bits per heavy atom. The fraction of sp³-hybridized carbons (Fsp3) is 0.0909. The Bertz CT molecular complexity index is 529. The van der Waals surface area contributed by atoms with Crippen LogP contribution in [-0.2, 0) is 0 Å². The maximum absolute atomic E-state index is 11.6. The van der Waals surface area contributed by atoms with E-state index in [9.17, 15) is 4.79 Å². The van der Waals surface area contributed by atoms with Gasteiger partial charge in [-0.15, -0.1) is 11.3 Å². The summed E-state index contributed by atoms with van der Waals surface area (Å²) >= 11 is 1.55. The predicted molar refractivity (Wildman–Crippen MR) is 67.3 cm³/mol. The van der Waals surface area contributed by atoms with Crippen LogP contribution in [0.4, 0.5) is 0 Å². The molecular formula is C11H12N4OS. The van der Waals surface area contributed by atoms with Gasteiger partial charge in [-0.3, -0.25) is 20.7 Å². The minimum absolute atomic E-state index is 0.299. The van der Waals surface area contributed by atoms with Gasteiger partial charge in [-0.25, -0.2) is 0 Å². The largest absolute Gasteiger partial charge is 0.297 e. The minimum atomic E-state index is -0.299. The molecule has 0 aromatic carbocycles. The number of thiophene rings is 1. The van der Waals surface area contributed by atoms with Gasteiger partial charge in [0.15, 0.2) is 5.69 Å². The van der Waals surface area contributed by atoms with Crippen molar-refractivity contribution < 1.29 is 4.79 Å². The van der Waals surface area contributed by atoms with Crippen LogP contribution < -0.4 is 10.9 Å². The molecule has 3 N–H and O–H groups in total. The summed E-state index contributed by atoms with van der Waals surface area (Å²) in [6.45, 7) is 5.66. The van der Waals surface area contributed by atoms with Crippen LogP contribution in [0.2, 0.25) is 0 Å². The molecule has 0 unspecified atom stereocenters. The van der Waals surface area contributed by atoms with E-state index in [4.69, 9.17) is 0 Å². The molecule has 2 aromatic rings. The summed E-state index contributed by atoms with van der Waals surface area (Å²) in [4.78, 5) is 12.6. The summed E-state index contributed by atoms with van der Waals surface area (Å²) in [5.74, 6) is -0.299. The van der Waals surface area contributed by atoms with Gasteiger partial charge in [0, 0.05) is 5.69 Å². The Morgan fingerprint density at radius 1 is 1.53 bits per heavy atom. The molecule has 0 aliphatic carbocycles. The standard InChI is InChI=1S/C11H12N4OS/c1-7-6-9(14-12-7)11(16)15-13-8(2)10-4-3-5-17-10/h3-6,13H,2H2,1H3,(H,12,14)(H,15,16). The summed E-state index contributed by atoms with van der Waals surface area (Å²) in [5.41, 5.74) is 7.13. The number of amides is 1. The smallest absolute Gasteiger partial charge is 0.290 e. The molecule has 17 heavy (non-hydrogen) atoms. The molecular weight excluding hydrogens is 236 g/mol. The van der Waals surface area contributed by atoms with Crippen molar-refractivity contribution >= 4 is 22.9 Å². The second kappa shape index (κ2) is 4.84. The van der Waals surface area contributed by atoms with Crippen LogP contribution in [0.3, 0.4) is 0 Å². The molecule has 2 rings (SSSR count). The molecule has 5 nitrogen and oxygen atoms in total. The molecule has 0 spiro atoms. The number of carbonyl (C=O) groups excluding carboxylic acids is 1. The molecule has 0 bridgehead atoms. The predicted octanol–water partition coefficient (Wildman–Crippen LogP) is 1.68. The van der Waals surface area contributed by atoms with Crippen molar-refractivity contribution in [1.29, 1.82) is 0 Å². The molecule has 0 aliphatic rings. The van der Waals surface area contributed by atoms with Gasteiger partial charge in [-0.1, -0.05) is 12.6 Å². The van der Waals surface area contributed by atoms with Crippen molar-refractivity contribution in [1.82, 2.24) is 21.0 Å². The van der Waals surface area contributed by atoms with Crippen LogP contribution in [0, 0.1) is 6.92 Å². The first-order chi connectivity index (χ1) is 8.16. The monoisotopic (exact) mass is 248 g/mol. The normalized spacial score (nSPS) is 9.94. The molecule has 0 saturated heterocycles. The van der Waals surface area contributed by atoms with E-state index in [0.717, 1.165) is 10.6 Å². The van der Waals surface area contributed by atoms with E-state index in [-0.39, 0.29) is 5.91 Å². The molecule has 0 fully saturated rings. The SMILES string of the molecule is C=C(NNC(=O)c1cc(C)[nH]n1)c1cccs1. The third-order valence-corrected chi connectivity index (χ3v) is 3.01. The van der Waals surface area contributed by atoms with Gasteiger partial charge in [0.05, 0.1) is 10.6 Å². The lowest BCUT2D eigenvalue weighted by molar-refractivity contribution is 0.0937. The molecule has 2 aromatic heterocycles. The number of aromatic amines is 1. The minimum Gasteiger partial charge on any atom is -0.297 e. The third kappa shape index (κ3) is 2.73. The average molecular weight is 248 g/mol. The Labute approximate surface area is 103 Å². The Morgan fingerprint density at radius 2 is 2.35 bits per heavy atom. The van der Waals surface area contributed by atoms with Gasteiger partial charge in [-0.05, 0) is 24.4 Å². The maximum Gasteiger partial charge on any atom is 0.290 e. The molecule has 88 valence electrons. The number of hydrazine groups is 1. The third-order valence-electron chi connectivity index (χ3n) is 2.08. The van der Waals surface area contributed by atoms with Gasteiger partial charge in [0.1, 0.15) is 0 Å². The molecule has 2 heterocycles. The highest BCUT2D eigenvalue weighted by molar-refractivity contribution is 7.11. The van der Waals surface area contributed by atoms with Gasteiger partial charge in [-0.2, -0.15) is 5.10 Å². The fourth-order valence-corrected chi connectivity index (χ4v) is 1.90. The summed E-state index contributed by atoms with van der Waals surface area (Å²) < 4.78 is 0. The number of carbonyl (C=O) groups is 1. The van der Waals surface area contributed by atoms with Gasteiger partial charge in [0.25, 0.3) is 5.91 Å². The van der Waals surface area contributed by atoms with Crippen molar-refractivity contribution in [3.8, 4) is 0 Å². The molecule has 0 saturated carbocycles. The van der Waals surface area contributed by atoms with Crippen LogP contribution in [0.5, 0.6) is 0 Å². The molecule has 0 aliphatic heterocycles. The second-order valence-corrected chi connectivity index (χ2v) is 4.42. The van der Waals surface area contributed by atoms with Crippen LogP contribution in [0.25, 0.3) is 5.70 Å². The van der Waals surface area contributed by atoms with E-state index in [1.54, 1.807) is 17.4 Å². The lowest BCUT2D eigenvalue weighted by Gasteiger charge is -2.07.